The number of ether oxygens (including phenoxy) is 1. The zero-order valence-corrected chi connectivity index (χ0v) is 15.4. The normalized spacial score (nSPS) is 45.7. The Bertz CT molecular complexity index is 705. The van der Waals surface area contributed by atoms with Crippen LogP contribution in [0.15, 0.2) is 23.3 Å². The quantitative estimate of drug-likeness (QED) is 0.585. The molecule has 0 unspecified atom stereocenters. The zero-order valence-electron chi connectivity index (χ0n) is 15.4. The van der Waals surface area contributed by atoms with E-state index < -0.39 is 17.0 Å². The SMILES string of the molecule is COC(=O)[C@]1(O)CC[C@H]2[C@@H]3CCC4=CC(=O)CC[C@]4(C)C3=CC[C@@]21C. The Morgan fingerprint density at radius 3 is 2.72 bits per heavy atom. The second kappa shape index (κ2) is 5.29. The molecule has 0 heterocycles. The number of hydrogen-bond donors (Lipinski definition) is 1. The van der Waals surface area contributed by atoms with Gasteiger partial charge in [0.15, 0.2) is 11.4 Å². The van der Waals surface area contributed by atoms with E-state index in [1.807, 2.05) is 6.08 Å². The molecule has 0 amide bonds. The van der Waals surface area contributed by atoms with Crippen LogP contribution in [0, 0.1) is 22.7 Å². The van der Waals surface area contributed by atoms with Crippen LogP contribution in [0.2, 0.25) is 0 Å². The first kappa shape index (κ1) is 17.0. The molecule has 0 aromatic rings. The highest BCUT2D eigenvalue weighted by Gasteiger charge is 2.65. The van der Waals surface area contributed by atoms with Crippen molar-refractivity contribution in [1.29, 1.82) is 0 Å². The van der Waals surface area contributed by atoms with E-state index >= 15 is 0 Å². The zero-order chi connectivity index (χ0) is 18.0. The molecule has 0 bridgehead atoms. The van der Waals surface area contributed by atoms with Gasteiger partial charge < -0.3 is 9.84 Å². The fourth-order valence-corrected chi connectivity index (χ4v) is 6.37. The van der Waals surface area contributed by atoms with E-state index in [0.717, 1.165) is 25.7 Å². The van der Waals surface area contributed by atoms with Crippen molar-refractivity contribution in [2.24, 2.45) is 22.7 Å². The molecular formula is C21H28O4. The summed E-state index contributed by atoms with van der Waals surface area (Å²) in [5.41, 5.74) is 0.888. The monoisotopic (exact) mass is 344 g/mol. The van der Waals surface area contributed by atoms with Crippen LogP contribution in [0.5, 0.6) is 0 Å². The minimum Gasteiger partial charge on any atom is -0.467 e. The van der Waals surface area contributed by atoms with Gasteiger partial charge in [-0.1, -0.05) is 31.1 Å². The van der Waals surface area contributed by atoms with E-state index in [4.69, 9.17) is 4.74 Å². The Hall–Kier alpha value is -1.42. The van der Waals surface area contributed by atoms with Gasteiger partial charge in [0.2, 0.25) is 0 Å². The third-order valence-corrected chi connectivity index (χ3v) is 8.01. The molecule has 2 fully saturated rings. The number of hydrogen-bond acceptors (Lipinski definition) is 4. The summed E-state index contributed by atoms with van der Waals surface area (Å²) in [6.07, 6.45) is 9.69. The number of methoxy groups -OCH3 is 1. The summed E-state index contributed by atoms with van der Waals surface area (Å²) in [6, 6.07) is 0. The molecule has 0 spiro atoms. The van der Waals surface area contributed by atoms with Gasteiger partial charge in [-0.25, -0.2) is 4.79 Å². The van der Waals surface area contributed by atoms with Crippen molar-refractivity contribution in [3.8, 4) is 0 Å². The first-order chi connectivity index (χ1) is 11.8. The number of allylic oxidation sites excluding steroid dienone is 4. The standard InChI is InChI=1S/C21H28O4/c1-19-9-6-14(22)12-13(19)4-5-15-16(19)7-10-20(2)17(15)8-11-21(20,24)18(23)25-3/h7,12,15,17,24H,4-6,8-11H2,1-3H3/t15-,17+,19+,20+,21-/m1/s1. The van der Waals surface area contributed by atoms with Crippen molar-refractivity contribution in [3.05, 3.63) is 23.3 Å². The number of carbonyl (C=O) groups excluding carboxylic acids is 2. The van der Waals surface area contributed by atoms with Crippen molar-refractivity contribution < 1.29 is 19.4 Å². The second-order valence-electron chi connectivity index (χ2n) is 8.89. The van der Waals surface area contributed by atoms with Gasteiger partial charge in [-0.15, -0.1) is 0 Å². The third-order valence-electron chi connectivity index (χ3n) is 8.01. The summed E-state index contributed by atoms with van der Waals surface area (Å²) in [5.74, 6) is 0.466. The van der Waals surface area contributed by atoms with Crippen LogP contribution < -0.4 is 0 Å². The van der Waals surface area contributed by atoms with Gasteiger partial charge >= 0.3 is 5.97 Å². The molecule has 0 saturated heterocycles. The molecule has 136 valence electrons. The Morgan fingerprint density at radius 2 is 2.00 bits per heavy atom. The number of esters is 1. The van der Waals surface area contributed by atoms with Crippen molar-refractivity contribution in [2.45, 2.75) is 64.4 Å². The lowest BCUT2D eigenvalue weighted by Gasteiger charge is -2.54. The average molecular weight is 344 g/mol. The molecule has 25 heavy (non-hydrogen) atoms. The topological polar surface area (TPSA) is 63.6 Å². The van der Waals surface area contributed by atoms with Gasteiger partial charge in [-0.3, -0.25) is 4.79 Å². The number of fused-ring (bicyclic) bond motifs is 5. The van der Waals surface area contributed by atoms with Crippen LogP contribution in [0.1, 0.15) is 58.8 Å². The van der Waals surface area contributed by atoms with Crippen LogP contribution in [0.3, 0.4) is 0 Å². The smallest absolute Gasteiger partial charge is 0.338 e. The van der Waals surface area contributed by atoms with Crippen LogP contribution in [-0.4, -0.2) is 29.6 Å². The highest BCUT2D eigenvalue weighted by molar-refractivity contribution is 5.92. The molecule has 0 aromatic carbocycles. The third kappa shape index (κ3) is 2.03. The lowest BCUT2D eigenvalue weighted by molar-refractivity contribution is -0.177. The summed E-state index contributed by atoms with van der Waals surface area (Å²) in [5, 5.41) is 11.2. The highest BCUT2D eigenvalue weighted by Crippen LogP contribution is 2.65. The van der Waals surface area contributed by atoms with Crippen molar-refractivity contribution in [1.82, 2.24) is 0 Å². The van der Waals surface area contributed by atoms with Crippen LogP contribution in [0.4, 0.5) is 0 Å². The minimum atomic E-state index is -1.38. The molecule has 0 radical (unpaired) electrons. The summed E-state index contributed by atoms with van der Waals surface area (Å²) >= 11 is 0. The fraction of sp³-hybridized carbons (Fsp3) is 0.714. The summed E-state index contributed by atoms with van der Waals surface area (Å²) in [6.45, 7) is 4.35. The van der Waals surface area contributed by atoms with Gasteiger partial charge in [0.05, 0.1) is 7.11 Å². The Kier molecular flexibility index (Phi) is 3.60. The van der Waals surface area contributed by atoms with E-state index in [1.165, 1.54) is 18.3 Å². The lowest BCUT2D eigenvalue weighted by atomic mass is 9.50. The predicted octanol–water partition coefficient (Wildman–Crippen LogP) is 3.34. The predicted molar refractivity (Wildman–Crippen MR) is 93.7 cm³/mol. The van der Waals surface area contributed by atoms with Crippen LogP contribution in [-0.2, 0) is 14.3 Å². The molecule has 4 heteroatoms. The molecule has 2 saturated carbocycles. The maximum Gasteiger partial charge on any atom is 0.338 e. The van der Waals surface area contributed by atoms with Crippen molar-refractivity contribution in [3.63, 3.8) is 0 Å². The number of carbonyl (C=O) groups is 2. The summed E-state index contributed by atoms with van der Waals surface area (Å²) < 4.78 is 4.95. The molecule has 4 aliphatic carbocycles. The largest absolute Gasteiger partial charge is 0.467 e. The number of aliphatic hydroxyl groups is 1. The first-order valence-corrected chi connectivity index (χ1v) is 9.51. The van der Waals surface area contributed by atoms with E-state index in [0.29, 0.717) is 31.1 Å². The van der Waals surface area contributed by atoms with E-state index in [-0.39, 0.29) is 11.2 Å². The van der Waals surface area contributed by atoms with Crippen LogP contribution >= 0.6 is 0 Å². The molecular weight excluding hydrogens is 316 g/mol. The Balaban J connectivity index is 1.75. The van der Waals surface area contributed by atoms with Gasteiger partial charge in [0, 0.05) is 17.3 Å². The van der Waals surface area contributed by atoms with Crippen molar-refractivity contribution in [2.75, 3.05) is 7.11 Å². The van der Waals surface area contributed by atoms with Crippen molar-refractivity contribution >= 4 is 11.8 Å². The molecule has 4 nitrogen and oxygen atoms in total. The van der Waals surface area contributed by atoms with Crippen LogP contribution in [0.25, 0.3) is 0 Å². The number of rotatable bonds is 1. The molecule has 0 aromatic heterocycles. The van der Waals surface area contributed by atoms with E-state index in [2.05, 4.69) is 19.9 Å². The lowest BCUT2D eigenvalue weighted by Crippen LogP contribution is -2.55. The maximum absolute atomic E-state index is 12.3. The summed E-state index contributed by atoms with van der Waals surface area (Å²) in [7, 11) is 1.36. The molecule has 5 atom stereocenters. The first-order valence-electron chi connectivity index (χ1n) is 9.51. The molecule has 4 aliphatic rings. The fourth-order valence-electron chi connectivity index (χ4n) is 6.37. The highest BCUT2D eigenvalue weighted by atomic mass is 16.5. The van der Waals surface area contributed by atoms with E-state index in [9.17, 15) is 14.7 Å². The van der Waals surface area contributed by atoms with Gasteiger partial charge in [-0.2, -0.15) is 0 Å². The van der Waals surface area contributed by atoms with Gasteiger partial charge in [-0.05, 0) is 56.4 Å². The number of ketones is 1. The van der Waals surface area contributed by atoms with Gasteiger partial charge in [0.1, 0.15) is 0 Å². The average Bonchev–Trinajstić information content (AvgIpc) is 2.87. The maximum atomic E-state index is 12.3. The Morgan fingerprint density at radius 1 is 1.24 bits per heavy atom. The molecule has 4 rings (SSSR count). The second-order valence-corrected chi connectivity index (χ2v) is 8.89. The Labute approximate surface area is 149 Å². The molecule has 0 aliphatic heterocycles. The molecule has 1 N–H and O–H groups in total. The summed E-state index contributed by atoms with van der Waals surface area (Å²) in [4.78, 5) is 24.2. The minimum absolute atomic E-state index is 0.00979. The van der Waals surface area contributed by atoms with Gasteiger partial charge in [0.25, 0.3) is 0 Å². The van der Waals surface area contributed by atoms with E-state index in [1.54, 1.807) is 0 Å².